The zero-order valence-electron chi connectivity index (χ0n) is 15.3. The first-order valence-electron chi connectivity index (χ1n) is 9.90. The van der Waals surface area contributed by atoms with E-state index in [1.54, 1.807) is 0 Å². The molecule has 1 saturated carbocycles. The molecule has 8 aliphatic rings. The van der Waals surface area contributed by atoms with Crippen molar-refractivity contribution in [3.63, 3.8) is 0 Å². The van der Waals surface area contributed by atoms with Gasteiger partial charge < -0.3 is 29.2 Å². The van der Waals surface area contributed by atoms with E-state index in [4.69, 9.17) is 18.9 Å². The van der Waals surface area contributed by atoms with Crippen molar-refractivity contribution in [2.45, 2.75) is 68.8 Å². The standard InChI is InChI=1S/C20H20O8/c1-4-7-8-9(13(23)16-15(27-16)12(8)22)19(26-4)20-6(3-25-5(2)10(7)20)11(21)14-17(28-14)18(20)24/h3-5,7,10-11,13-17,19,21,23H,1-2H3/t4-,5?,7+,10?,11-,13-,14+,15-,16+,17+,19-,20-/m1/s1. The Morgan fingerprint density at radius 2 is 1.68 bits per heavy atom. The average Bonchev–Trinajstić information content (AvgIpc) is 3.57. The third-order valence-electron chi connectivity index (χ3n) is 8.00. The molecule has 0 amide bonds. The van der Waals surface area contributed by atoms with Gasteiger partial charge in [-0.15, -0.1) is 0 Å². The molecule has 5 aliphatic heterocycles. The third-order valence-corrected chi connectivity index (χ3v) is 8.00. The second-order valence-electron chi connectivity index (χ2n) is 9.09. The molecular formula is C20H20O8. The van der Waals surface area contributed by atoms with Gasteiger partial charge in [0, 0.05) is 23.0 Å². The van der Waals surface area contributed by atoms with Crippen LogP contribution in [0.2, 0.25) is 0 Å². The third kappa shape index (κ3) is 1.47. The van der Waals surface area contributed by atoms with Crippen LogP contribution in [0, 0.1) is 17.3 Å². The van der Waals surface area contributed by atoms with E-state index in [2.05, 4.69) is 0 Å². The van der Waals surface area contributed by atoms with Crippen LogP contribution in [-0.2, 0) is 28.5 Å². The number of fused-ring (bicyclic) bond motifs is 3. The van der Waals surface area contributed by atoms with Crippen molar-refractivity contribution >= 4 is 11.6 Å². The lowest BCUT2D eigenvalue weighted by molar-refractivity contribution is -0.210. The van der Waals surface area contributed by atoms with Gasteiger partial charge in [0.05, 0.1) is 30.0 Å². The van der Waals surface area contributed by atoms with Gasteiger partial charge in [0.2, 0.25) is 0 Å². The molecule has 3 aliphatic carbocycles. The summed E-state index contributed by atoms with van der Waals surface area (Å²) in [5, 5.41) is 21.8. The van der Waals surface area contributed by atoms with E-state index in [1.807, 2.05) is 13.8 Å². The van der Waals surface area contributed by atoms with Crippen LogP contribution >= 0.6 is 0 Å². The monoisotopic (exact) mass is 388 g/mol. The fraction of sp³-hybridized carbons (Fsp3) is 0.700. The number of rotatable bonds is 0. The van der Waals surface area contributed by atoms with Crippen molar-refractivity contribution < 1.29 is 38.7 Å². The Hall–Kier alpha value is -1.58. The van der Waals surface area contributed by atoms with E-state index in [9.17, 15) is 19.8 Å². The maximum atomic E-state index is 13.7. The average molecular weight is 388 g/mol. The Morgan fingerprint density at radius 1 is 0.964 bits per heavy atom. The van der Waals surface area contributed by atoms with Crippen LogP contribution < -0.4 is 0 Å². The molecule has 4 fully saturated rings. The highest BCUT2D eigenvalue weighted by Crippen LogP contribution is 2.67. The van der Waals surface area contributed by atoms with Gasteiger partial charge in [-0.05, 0) is 19.4 Å². The second kappa shape index (κ2) is 4.60. The number of epoxide rings is 2. The molecule has 0 aromatic heterocycles. The molecule has 28 heavy (non-hydrogen) atoms. The summed E-state index contributed by atoms with van der Waals surface area (Å²) in [6, 6.07) is 0. The van der Waals surface area contributed by atoms with Crippen molar-refractivity contribution in [1.29, 1.82) is 0 Å². The number of hydrogen-bond donors (Lipinski definition) is 2. The molecule has 0 aromatic carbocycles. The largest absolute Gasteiger partial charge is 0.498 e. The Morgan fingerprint density at radius 3 is 2.46 bits per heavy atom. The smallest absolute Gasteiger partial charge is 0.190 e. The molecule has 148 valence electrons. The van der Waals surface area contributed by atoms with Crippen molar-refractivity contribution in [2.75, 3.05) is 0 Å². The van der Waals surface area contributed by atoms with Crippen LogP contribution in [0.15, 0.2) is 23.0 Å². The van der Waals surface area contributed by atoms with Crippen LogP contribution in [0.25, 0.3) is 0 Å². The Bertz CT molecular complexity index is 921. The second-order valence-corrected chi connectivity index (χ2v) is 9.09. The quantitative estimate of drug-likeness (QED) is 0.509. The molecule has 8 rings (SSSR count). The lowest BCUT2D eigenvalue weighted by Gasteiger charge is -2.63. The van der Waals surface area contributed by atoms with Crippen LogP contribution in [-0.4, -0.2) is 76.7 Å². The molecule has 2 unspecified atom stereocenters. The Kier molecular flexibility index (Phi) is 2.67. The minimum atomic E-state index is -1.19. The molecule has 12 atom stereocenters. The first-order chi connectivity index (χ1) is 13.4. The van der Waals surface area contributed by atoms with Crippen molar-refractivity contribution in [2.24, 2.45) is 17.3 Å². The molecule has 2 N–H and O–H groups in total. The fourth-order valence-electron chi connectivity index (χ4n) is 6.86. The molecule has 0 radical (unpaired) electrons. The predicted octanol–water partition coefficient (Wildman–Crippen LogP) is -0.973. The summed E-state index contributed by atoms with van der Waals surface area (Å²) in [5.41, 5.74) is 0.269. The Balaban J connectivity index is 1.52. The van der Waals surface area contributed by atoms with Crippen molar-refractivity contribution in [3.05, 3.63) is 23.0 Å². The topological polar surface area (TPSA) is 118 Å². The van der Waals surface area contributed by atoms with Gasteiger partial charge in [-0.2, -0.15) is 0 Å². The summed E-state index contributed by atoms with van der Waals surface area (Å²) >= 11 is 0. The SMILES string of the molecule is CC1OC=C2[C@@H](O)[C@@H]3O[C@@H]3C(=O)[C@]23C1[C@@H]1C2=C([C@@H](O)[C@@H]4O[C@@H]4C2=O)[C@H]3O[C@@H]1C. The van der Waals surface area contributed by atoms with E-state index in [0.717, 1.165) is 0 Å². The van der Waals surface area contributed by atoms with E-state index in [-0.39, 0.29) is 29.7 Å². The van der Waals surface area contributed by atoms with Gasteiger partial charge >= 0.3 is 0 Å². The van der Waals surface area contributed by atoms with Gasteiger partial charge in [0.15, 0.2) is 11.6 Å². The molecule has 1 spiro atoms. The molecule has 3 saturated heterocycles. The molecule has 0 aromatic rings. The summed E-state index contributed by atoms with van der Waals surface area (Å²) in [7, 11) is 0. The van der Waals surface area contributed by atoms with Gasteiger partial charge in [-0.25, -0.2) is 0 Å². The van der Waals surface area contributed by atoms with Crippen molar-refractivity contribution in [3.8, 4) is 0 Å². The van der Waals surface area contributed by atoms with E-state index < -0.39 is 54.1 Å². The summed E-state index contributed by atoms with van der Waals surface area (Å²) in [5.74, 6) is -1.05. The number of ether oxygens (including phenoxy) is 4. The molecule has 8 heteroatoms. The highest BCUT2D eigenvalue weighted by molar-refractivity contribution is 6.06. The van der Waals surface area contributed by atoms with E-state index >= 15 is 0 Å². The Labute approximate surface area is 160 Å². The first kappa shape index (κ1) is 16.2. The predicted molar refractivity (Wildman–Crippen MR) is 88.8 cm³/mol. The summed E-state index contributed by atoms with van der Waals surface area (Å²) in [6.45, 7) is 3.77. The maximum absolute atomic E-state index is 13.7. The fourth-order valence-corrected chi connectivity index (χ4v) is 6.86. The highest BCUT2D eigenvalue weighted by atomic mass is 16.6. The van der Waals surface area contributed by atoms with Crippen molar-refractivity contribution in [1.82, 2.24) is 0 Å². The van der Waals surface area contributed by atoms with Crippen LogP contribution in [0.1, 0.15) is 13.8 Å². The van der Waals surface area contributed by atoms with Gasteiger partial charge in [0.25, 0.3) is 0 Å². The lowest BCUT2D eigenvalue weighted by atomic mass is 9.45. The van der Waals surface area contributed by atoms with Gasteiger partial charge in [0.1, 0.15) is 36.6 Å². The number of Topliss-reactive ketones (excluding diaryl/α,β-unsaturated/α-hetero) is 2. The number of carbonyl (C=O) groups excluding carboxylic acids is 2. The van der Waals surface area contributed by atoms with Crippen LogP contribution in [0.3, 0.4) is 0 Å². The van der Waals surface area contributed by atoms with E-state index in [0.29, 0.717) is 16.7 Å². The minimum absolute atomic E-state index is 0.113. The maximum Gasteiger partial charge on any atom is 0.190 e. The van der Waals surface area contributed by atoms with Crippen LogP contribution in [0.4, 0.5) is 0 Å². The number of aliphatic hydroxyl groups excluding tert-OH is 2. The molecule has 2 bridgehead atoms. The first-order valence-corrected chi connectivity index (χ1v) is 9.90. The number of aliphatic hydroxyl groups is 2. The molecule has 5 heterocycles. The number of carbonyl (C=O) groups is 2. The highest BCUT2D eigenvalue weighted by Gasteiger charge is 2.78. The number of ketones is 2. The molecular weight excluding hydrogens is 368 g/mol. The zero-order chi connectivity index (χ0) is 19.3. The summed E-state index contributed by atoms with van der Waals surface area (Å²) in [4.78, 5) is 26.7. The van der Waals surface area contributed by atoms with Gasteiger partial charge in [-0.3, -0.25) is 9.59 Å². The summed E-state index contributed by atoms with van der Waals surface area (Å²) < 4.78 is 23.1. The zero-order valence-corrected chi connectivity index (χ0v) is 15.3. The molecule has 8 nitrogen and oxygen atoms in total. The lowest BCUT2D eigenvalue weighted by Crippen LogP contribution is -2.72. The summed E-state index contributed by atoms with van der Waals surface area (Å²) in [6.07, 6.45) is -4.40. The van der Waals surface area contributed by atoms with Gasteiger partial charge in [-0.1, -0.05) is 0 Å². The minimum Gasteiger partial charge on any atom is -0.498 e. The number of hydrogen-bond acceptors (Lipinski definition) is 8. The normalized spacial score (nSPS) is 60.0. The van der Waals surface area contributed by atoms with Crippen LogP contribution in [0.5, 0.6) is 0 Å². The van der Waals surface area contributed by atoms with E-state index in [1.165, 1.54) is 6.26 Å².